The van der Waals surface area contributed by atoms with Crippen LogP contribution in [0.25, 0.3) is 0 Å². The number of likely N-dealkylation sites (tertiary alicyclic amines) is 1. The van der Waals surface area contributed by atoms with Gasteiger partial charge in [0.25, 0.3) is 17.7 Å². The maximum atomic E-state index is 13.4. The first-order valence-electron chi connectivity index (χ1n) is 15.2. The van der Waals surface area contributed by atoms with Crippen molar-refractivity contribution in [3.63, 3.8) is 0 Å². The number of rotatable bonds is 9. The molecule has 4 amide bonds. The molecular weight excluding hydrogens is 576 g/mol. The Kier molecular flexibility index (Phi) is 9.46. The zero-order valence-electron chi connectivity index (χ0n) is 25.7. The molecule has 1 aromatic carbocycles. The molecule has 44 heavy (non-hydrogen) atoms. The zero-order chi connectivity index (χ0) is 31.4. The molecule has 0 spiro atoms. The van der Waals surface area contributed by atoms with E-state index in [0.29, 0.717) is 31.1 Å². The lowest BCUT2D eigenvalue weighted by molar-refractivity contribution is -0.158. The third-order valence-electron chi connectivity index (χ3n) is 8.52. The molecule has 1 atom stereocenters. The van der Waals surface area contributed by atoms with Crippen molar-refractivity contribution in [1.82, 2.24) is 19.8 Å². The topological polar surface area (TPSA) is 139 Å². The molecule has 5 rings (SSSR count). The van der Waals surface area contributed by atoms with Crippen molar-refractivity contribution in [2.45, 2.75) is 70.4 Å². The van der Waals surface area contributed by atoms with Crippen molar-refractivity contribution in [2.75, 3.05) is 31.3 Å². The van der Waals surface area contributed by atoms with Gasteiger partial charge in [0.15, 0.2) is 0 Å². The lowest BCUT2D eigenvalue weighted by Crippen LogP contribution is -2.55. The fourth-order valence-corrected chi connectivity index (χ4v) is 6.53. The normalized spacial score (nSPS) is 19.2. The third-order valence-corrected chi connectivity index (χ3v) is 10.2. The number of ether oxygens (including phenoxy) is 1. The predicted molar refractivity (Wildman–Crippen MR) is 167 cm³/mol. The number of benzene rings is 1. The van der Waals surface area contributed by atoms with Crippen LogP contribution in [0.4, 0.5) is 5.82 Å². The molecule has 12 heteroatoms. The molecule has 2 saturated heterocycles. The second kappa shape index (κ2) is 13.3. The number of hydrogen-bond acceptors (Lipinski definition) is 8. The predicted octanol–water partition coefficient (Wildman–Crippen LogP) is 3.02. The van der Waals surface area contributed by atoms with E-state index in [9.17, 15) is 19.2 Å². The Balaban J connectivity index is 1.17. The Bertz CT molecular complexity index is 1490. The van der Waals surface area contributed by atoms with Crippen molar-refractivity contribution in [3.05, 3.63) is 53.0 Å². The van der Waals surface area contributed by atoms with Gasteiger partial charge in [0, 0.05) is 58.3 Å². The van der Waals surface area contributed by atoms with Crippen LogP contribution in [-0.4, -0.2) is 83.9 Å². The molecule has 4 heterocycles. The van der Waals surface area contributed by atoms with Crippen molar-refractivity contribution < 1.29 is 23.9 Å². The van der Waals surface area contributed by atoms with Crippen LogP contribution in [0.1, 0.15) is 64.1 Å². The highest BCUT2D eigenvalue weighted by Gasteiger charge is 2.43. The minimum Gasteiger partial charge on any atom is -0.364 e. The number of nitrogens with two attached hydrogens (primary N) is 1. The molecule has 11 nitrogen and oxygen atoms in total. The van der Waals surface area contributed by atoms with Gasteiger partial charge < -0.3 is 20.3 Å². The van der Waals surface area contributed by atoms with Crippen LogP contribution in [0, 0.1) is 17.8 Å². The van der Waals surface area contributed by atoms with Gasteiger partial charge in [-0.05, 0) is 48.9 Å². The first-order chi connectivity index (χ1) is 21.0. The van der Waals surface area contributed by atoms with E-state index in [1.54, 1.807) is 17.2 Å². The van der Waals surface area contributed by atoms with E-state index >= 15 is 0 Å². The van der Waals surface area contributed by atoms with E-state index in [-0.39, 0.29) is 36.6 Å². The monoisotopic (exact) mass is 616 g/mol. The molecule has 2 fully saturated rings. The second-order valence-electron chi connectivity index (χ2n) is 12.9. The van der Waals surface area contributed by atoms with Gasteiger partial charge in [0.05, 0.1) is 12.4 Å². The second-order valence-corrected chi connectivity index (χ2v) is 18.5. The number of piperidine rings is 2. The highest BCUT2D eigenvalue weighted by Crippen LogP contribution is 2.31. The standard InChI is InChI=1S/C32H40N6O5Si/c1-44(2,3)17-16-43-21-38-29(39)11-10-27(32(38)42)37-20-25-23(8-5-9-24(25)31(37)41)7-4-6-22-12-14-36(15-13-22)28-19-34-26(18-35-28)30(33)40/h5,8-9,18-19,22,27H,6,10-17,20-21H2,1-3H3,(H2,33,40). The van der Waals surface area contributed by atoms with Crippen LogP contribution in [0.2, 0.25) is 25.7 Å². The van der Waals surface area contributed by atoms with E-state index in [0.717, 1.165) is 55.3 Å². The number of aromatic nitrogens is 2. The molecular formula is C32H40N6O5Si. The summed E-state index contributed by atoms with van der Waals surface area (Å²) in [6.07, 6.45) is 6.14. The van der Waals surface area contributed by atoms with Crippen LogP contribution in [0.15, 0.2) is 30.6 Å². The molecule has 0 radical (unpaired) electrons. The van der Waals surface area contributed by atoms with Crippen LogP contribution >= 0.6 is 0 Å². The average Bonchev–Trinajstić information content (AvgIpc) is 3.33. The Morgan fingerprint density at radius 3 is 2.55 bits per heavy atom. The number of hydrogen-bond donors (Lipinski definition) is 1. The SMILES string of the molecule is C[Si](C)(C)CCOCN1C(=O)CCC(N2Cc3c(C#CCC4CCN(c5cnc(C(N)=O)cn5)CC4)cccc3C2=O)C1=O. The quantitative estimate of drug-likeness (QED) is 0.196. The maximum Gasteiger partial charge on any atom is 0.268 e. The number of primary amides is 1. The highest BCUT2D eigenvalue weighted by molar-refractivity contribution is 6.76. The zero-order valence-corrected chi connectivity index (χ0v) is 26.7. The van der Waals surface area contributed by atoms with Crippen molar-refractivity contribution in [1.29, 1.82) is 0 Å². The number of anilines is 1. The lowest BCUT2D eigenvalue weighted by atomic mass is 9.93. The molecule has 0 aliphatic carbocycles. The molecule has 232 valence electrons. The van der Waals surface area contributed by atoms with Crippen LogP contribution < -0.4 is 10.6 Å². The summed E-state index contributed by atoms with van der Waals surface area (Å²) in [7, 11) is -1.30. The summed E-state index contributed by atoms with van der Waals surface area (Å²) in [6.45, 7) is 9.10. The smallest absolute Gasteiger partial charge is 0.268 e. The summed E-state index contributed by atoms with van der Waals surface area (Å²) in [6, 6.07) is 5.78. The molecule has 1 aromatic heterocycles. The van der Waals surface area contributed by atoms with Crippen molar-refractivity contribution in [2.24, 2.45) is 11.7 Å². The molecule has 1 unspecified atom stereocenters. The van der Waals surface area contributed by atoms with Crippen molar-refractivity contribution >= 4 is 37.5 Å². The van der Waals surface area contributed by atoms with Gasteiger partial charge in [-0.3, -0.25) is 24.1 Å². The van der Waals surface area contributed by atoms with Gasteiger partial charge in [-0.25, -0.2) is 9.97 Å². The van der Waals surface area contributed by atoms with E-state index in [4.69, 9.17) is 10.5 Å². The highest BCUT2D eigenvalue weighted by atomic mass is 28.3. The van der Waals surface area contributed by atoms with Gasteiger partial charge in [0.2, 0.25) is 5.91 Å². The molecule has 0 bridgehead atoms. The number of carbonyl (C=O) groups excluding carboxylic acids is 4. The fraction of sp³-hybridized carbons (Fsp3) is 0.500. The number of amides is 4. The summed E-state index contributed by atoms with van der Waals surface area (Å²) >= 11 is 0. The number of carbonyl (C=O) groups is 4. The molecule has 3 aliphatic heterocycles. The first kappa shape index (κ1) is 31.3. The summed E-state index contributed by atoms with van der Waals surface area (Å²) in [5.41, 5.74) is 7.60. The lowest BCUT2D eigenvalue weighted by Gasteiger charge is -2.35. The Morgan fingerprint density at radius 2 is 1.86 bits per heavy atom. The Morgan fingerprint density at radius 1 is 1.09 bits per heavy atom. The van der Waals surface area contributed by atoms with E-state index < -0.39 is 20.0 Å². The van der Waals surface area contributed by atoms with Gasteiger partial charge in [-0.2, -0.15) is 0 Å². The summed E-state index contributed by atoms with van der Waals surface area (Å²) in [4.78, 5) is 64.0. The molecule has 2 aromatic rings. The van der Waals surface area contributed by atoms with Gasteiger partial charge in [0.1, 0.15) is 24.3 Å². The molecule has 0 saturated carbocycles. The molecule has 2 N–H and O–H groups in total. The van der Waals surface area contributed by atoms with E-state index in [1.165, 1.54) is 11.1 Å². The van der Waals surface area contributed by atoms with Crippen LogP contribution in [-0.2, 0) is 20.9 Å². The number of fused-ring (bicyclic) bond motifs is 1. The van der Waals surface area contributed by atoms with Crippen LogP contribution in [0.3, 0.4) is 0 Å². The number of nitrogens with zero attached hydrogens (tertiary/aromatic N) is 5. The summed E-state index contributed by atoms with van der Waals surface area (Å²) in [5.74, 6) is 6.37. The third kappa shape index (κ3) is 7.17. The fourth-order valence-electron chi connectivity index (χ4n) is 5.77. The average molecular weight is 617 g/mol. The van der Waals surface area contributed by atoms with Crippen molar-refractivity contribution in [3.8, 4) is 11.8 Å². The van der Waals surface area contributed by atoms with Gasteiger partial charge in [-0.1, -0.05) is 37.5 Å². The minimum atomic E-state index is -1.30. The Hall–Kier alpha value is -4.08. The summed E-state index contributed by atoms with van der Waals surface area (Å²) < 4.78 is 5.72. The summed E-state index contributed by atoms with van der Waals surface area (Å²) in [5, 5.41) is 0. The van der Waals surface area contributed by atoms with E-state index in [2.05, 4.69) is 46.3 Å². The van der Waals surface area contributed by atoms with Gasteiger partial charge in [-0.15, -0.1) is 0 Å². The van der Waals surface area contributed by atoms with Gasteiger partial charge >= 0.3 is 0 Å². The first-order valence-corrected chi connectivity index (χ1v) is 18.9. The Labute approximate surface area is 259 Å². The van der Waals surface area contributed by atoms with Crippen LogP contribution in [0.5, 0.6) is 0 Å². The minimum absolute atomic E-state index is 0.0712. The largest absolute Gasteiger partial charge is 0.364 e. The number of imide groups is 1. The van der Waals surface area contributed by atoms with E-state index in [1.807, 2.05) is 12.1 Å². The molecule has 3 aliphatic rings. The maximum absolute atomic E-state index is 13.4.